The molecule has 2 aromatic rings. The van der Waals surface area contributed by atoms with Crippen molar-refractivity contribution in [1.29, 1.82) is 0 Å². The van der Waals surface area contributed by atoms with Crippen molar-refractivity contribution in [3.8, 4) is 0 Å². The van der Waals surface area contributed by atoms with E-state index >= 15 is 0 Å². The lowest BCUT2D eigenvalue weighted by molar-refractivity contribution is -0.128. The number of likely N-dealkylation sites (tertiary alicyclic amines) is 1. The van der Waals surface area contributed by atoms with Crippen LogP contribution in [0.25, 0.3) is 0 Å². The Bertz CT molecular complexity index is 847. The van der Waals surface area contributed by atoms with Gasteiger partial charge in [-0.15, -0.1) is 0 Å². The number of hydrogen-bond donors (Lipinski definition) is 1. The number of rotatable bonds is 5. The first-order valence-corrected chi connectivity index (χ1v) is 10.4. The molecule has 2 saturated heterocycles. The molecule has 0 spiro atoms. The molecule has 4 rings (SSSR count). The first-order valence-electron chi connectivity index (χ1n) is 10.4. The van der Waals surface area contributed by atoms with Crippen LogP contribution in [-0.4, -0.2) is 54.5 Å². The van der Waals surface area contributed by atoms with E-state index in [9.17, 15) is 9.59 Å². The van der Waals surface area contributed by atoms with Crippen LogP contribution in [0.2, 0.25) is 0 Å². The maximum absolute atomic E-state index is 12.7. The number of benzene rings is 2. The third-order valence-corrected chi connectivity index (χ3v) is 5.77. The van der Waals surface area contributed by atoms with Crippen LogP contribution in [0.1, 0.15) is 24.0 Å². The summed E-state index contributed by atoms with van der Waals surface area (Å²) in [5.41, 5.74) is 3.39. The van der Waals surface area contributed by atoms with Gasteiger partial charge in [0.25, 0.3) is 0 Å². The Labute approximate surface area is 172 Å². The van der Waals surface area contributed by atoms with Crippen molar-refractivity contribution >= 4 is 17.6 Å². The molecule has 2 aliphatic heterocycles. The lowest BCUT2D eigenvalue weighted by Gasteiger charge is -2.36. The van der Waals surface area contributed by atoms with Crippen LogP contribution in [0.5, 0.6) is 0 Å². The van der Waals surface area contributed by atoms with E-state index in [0.29, 0.717) is 32.6 Å². The maximum Gasteiger partial charge on any atom is 0.317 e. The molecule has 0 atom stereocenters. The summed E-state index contributed by atoms with van der Waals surface area (Å²) >= 11 is 0. The van der Waals surface area contributed by atoms with Crippen LogP contribution >= 0.6 is 0 Å². The monoisotopic (exact) mass is 392 g/mol. The molecule has 6 nitrogen and oxygen atoms in total. The van der Waals surface area contributed by atoms with Gasteiger partial charge in [-0.1, -0.05) is 42.5 Å². The Hall–Kier alpha value is -3.02. The average molecular weight is 393 g/mol. The first-order chi connectivity index (χ1) is 14.2. The summed E-state index contributed by atoms with van der Waals surface area (Å²) in [6.07, 6.45) is 1.58. The molecule has 2 aromatic carbocycles. The first kappa shape index (κ1) is 19.3. The molecule has 3 amide bonds. The second kappa shape index (κ2) is 8.99. The highest BCUT2D eigenvalue weighted by Crippen LogP contribution is 2.18. The molecule has 0 radical (unpaired) electrons. The zero-order valence-corrected chi connectivity index (χ0v) is 16.7. The van der Waals surface area contributed by atoms with E-state index in [4.69, 9.17) is 0 Å². The summed E-state index contributed by atoms with van der Waals surface area (Å²) in [6.45, 7) is 5.03. The highest BCUT2D eigenvalue weighted by Gasteiger charge is 2.23. The van der Waals surface area contributed by atoms with Crippen molar-refractivity contribution in [3.63, 3.8) is 0 Å². The van der Waals surface area contributed by atoms with Gasteiger partial charge in [0.1, 0.15) is 0 Å². The van der Waals surface area contributed by atoms with Gasteiger partial charge < -0.3 is 20.0 Å². The standard InChI is InChI=1S/C23H28N4O2/c28-22-11-6-12-27(22)18-20-8-5-4-7-19(20)17-24-23(29)26-15-13-25(14-16-26)21-9-2-1-3-10-21/h1-5,7-10H,6,11-18H2,(H,24,29). The fraction of sp³-hybridized carbons (Fsp3) is 0.391. The summed E-state index contributed by atoms with van der Waals surface area (Å²) < 4.78 is 0. The van der Waals surface area contributed by atoms with Gasteiger partial charge in [-0.3, -0.25) is 4.79 Å². The van der Waals surface area contributed by atoms with Gasteiger partial charge in [0, 0.05) is 57.9 Å². The number of carbonyl (C=O) groups is 2. The lowest BCUT2D eigenvalue weighted by atomic mass is 10.1. The van der Waals surface area contributed by atoms with E-state index in [-0.39, 0.29) is 11.9 Å². The van der Waals surface area contributed by atoms with Crippen molar-refractivity contribution < 1.29 is 9.59 Å². The summed E-state index contributed by atoms with van der Waals surface area (Å²) in [5, 5.41) is 3.06. The zero-order chi connectivity index (χ0) is 20.1. The fourth-order valence-corrected chi connectivity index (χ4v) is 4.05. The molecule has 0 aliphatic carbocycles. The third-order valence-electron chi connectivity index (χ3n) is 5.77. The predicted octanol–water partition coefficient (Wildman–Crippen LogP) is 2.84. The second-order valence-electron chi connectivity index (χ2n) is 7.66. The Morgan fingerprint density at radius 3 is 2.24 bits per heavy atom. The van der Waals surface area contributed by atoms with Gasteiger partial charge in [0.2, 0.25) is 5.91 Å². The SMILES string of the molecule is O=C1CCCN1Cc1ccccc1CNC(=O)N1CCN(c2ccccc2)CC1. The molecule has 1 N–H and O–H groups in total. The van der Waals surface area contributed by atoms with E-state index in [1.54, 1.807) is 0 Å². The number of nitrogens with zero attached hydrogens (tertiary/aromatic N) is 3. The normalized spacial score (nSPS) is 17.0. The summed E-state index contributed by atoms with van der Waals surface area (Å²) in [7, 11) is 0. The van der Waals surface area contributed by atoms with E-state index in [0.717, 1.165) is 37.2 Å². The number of piperazine rings is 1. The van der Waals surface area contributed by atoms with Crippen LogP contribution in [-0.2, 0) is 17.9 Å². The molecule has 2 fully saturated rings. The Morgan fingerprint density at radius 2 is 1.55 bits per heavy atom. The number of amides is 3. The Balaban J connectivity index is 1.30. The van der Waals surface area contributed by atoms with Crippen LogP contribution < -0.4 is 10.2 Å². The van der Waals surface area contributed by atoms with Crippen molar-refractivity contribution in [2.24, 2.45) is 0 Å². The highest BCUT2D eigenvalue weighted by atomic mass is 16.2. The van der Waals surface area contributed by atoms with Crippen molar-refractivity contribution in [2.75, 3.05) is 37.6 Å². The van der Waals surface area contributed by atoms with Gasteiger partial charge >= 0.3 is 6.03 Å². The van der Waals surface area contributed by atoms with E-state index in [1.807, 2.05) is 52.3 Å². The third kappa shape index (κ3) is 4.70. The molecule has 2 heterocycles. The summed E-state index contributed by atoms with van der Waals surface area (Å²) in [5.74, 6) is 0.222. The van der Waals surface area contributed by atoms with E-state index in [1.165, 1.54) is 5.69 Å². The van der Waals surface area contributed by atoms with Gasteiger partial charge in [-0.2, -0.15) is 0 Å². The molecule has 152 valence electrons. The van der Waals surface area contributed by atoms with Crippen LogP contribution in [0.4, 0.5) is 10.5 Å². The van der Waals surface area contributed by atoms with Gasteiger partial charge in [0.05, 0.1) is 0 Å². The molecule has 0 unspecified atom stereocenters. The molecule has 6 heteroatoms. The maximum atomic E-state index is 12.7. The summed E-state index contributed by atoms with van der Waals surface area (Å²) in [6, 6.07) is 18.3. The Morgan fingerprint density at radius 1 is 0.862 bits per heavy atom. The molecule has 0 saturated carbocycles. The number of hydrogen-bond acceptors (Lipinski definition) is 3. The molecular weight excluding hydrogens is 364 g/mol. The topological polar surface area (TPSA) is 55.9 Å². The number of carbonyl (C=O) groups excluding carboxylic acids is 2. The Kier molecular flexibility index (Phi) is 5.98. The van der Waals surface area contributed by atoms with Gasteiger partial charge in [-0.25, -0.2) is 4.79 Å². The molecular formula is C23H28N4O2. The quantitative estimate of drug-likeness (QED) is 0.851. The van der Waals surface area contributed by atoms with Crippen molar-refractivity contribution in [2.45, 2.75) is 25.9 Å². The van der Waals surface area contributed by atoms with Gasteiger partial charge in [-0.05, 0) is 29.7 Å². The lowest BCUT2D eigenvalue weighted by Crippen LogP contribution is -2.51. The number of nitrogens with one attached hydrogen (secondary N) is 1. The second-order valence-corrected chi connectivity index (χ2v) is 7.66. The van der Waals surface area contributed by atoms with Gasteiger partial charge in [0.15, 0.2) is 0 Å². The molecule has 0 aromatic heterocycles. The number of urea groups is 1. The minimum absolute atomic E-state index is 0.0234. The molecule has 2 aliphatic rings. The van der Waals surface area contributed by atoms with E-state index in [2.05, 4.69) is 22.3 Å². The smallest absolute Gasteiger partial charge is 0.317 e. The molecule has 29 heavy (non-hydrogen) atoms. The molecule has 0 bridgehead atoms. The zero-order valence-electron chi connectivity index (χ0n) is 16.7. The fourth-order valence-electron chi connectivity index (χ4n) is 4.05. The van der Waals surface area contributed by atoms with E-state index < -0.39 is 0 Å². The van der Waals surface area contributed by atoms with Crippen LogP contribution in [0, 0.1) is 0 Å². The van der Waals surface area contributed by atoms with Crippen LogP contribution in [0.15, 0.2) is 54.6 Å². The minimum atomic E-state index is -0.0234. The minimum Gasteiger partial charge on any atom is -0.368 e. The van der Waals surface area contributed by atoms with Crippen molar-refractivity contribution in [1.82, 2.24) is 15.1 Å². The summed E-state index contributed by atoms with van der Waals surface area (Å²) in [4.78, 5) is 30.7. The number of anilines is 1. The van der Waals surface area contributed by atoms with Crippen molar-refractivity contribution in [3.05, 3.63) is 65.7 Å². The highest BCUT2D eigenvalue weighted by molar-refractivity contribution is 5.78. The predicted molar refractivity (Wildman–Crippen MR) is 114 cm³/mol. The largest absolute Gasteiger partial charge is 0.368 e. The average Bonchev–Trinajstić information content (AvgIpc) is 3.18. The van der Waals surface area contributed by atoms with Crippen LogP contribution in [0.3, 0.4) is 0 Å². The number of para-hydroxylation sites is 1.